The van der Waals surface area contributed by atoms with Gasteiger partial charge in [0.2, 0.25) is 5.91 Å². The van der Waals surface area contributed by atoms with Gasteiger partial charge in [-0.2, -0.15) is 0 Å². The Morgan fingerprint density at radius 2 is 1.78 bits per heavy atom. The molecule has 0 aliphatic rings. The molecule has 2 aromatic carbocycles. The largest absolute Gasteiger partial charge is 0.493 e. The van der Waals surface area contributed by atoms with Crippen LogP contribution in [0.15, 0.2) is 53.4 Å². The third kappa shape index (κ3) is 4.93. The smallest absolute Gasteiger partial charge is 0.233 e. The second kappa shape index (κ2) is 8.48. The summed E-state index contributed by atoms with van der Waals surface area (Å²) >= 11 is 1.49. The molecule has 1 unspecified atom stereocenters. The van der Waals surface area contributed by atoms with Gasteiger partial charge in [-0.25, -0.2) is 0 Å². The van der Waals surface area contributed by atoms with Crippen LogP contribution in [0.4, 0.5) is 0 Å². The average Bonchev–Trinajstić information content (AvgIpc) is 2.60. The first-order valence-corrected chi connectivity index (χ1v) is 8.22. The molecule has 0 saturated heterocycles. The Labute approximate surface area is 141 Å². The highest BCUT2D eigenvalue weighted by Crippen LogP contribution is 2.33. The fourth-order valence-electron chi connectivity index (χ4n) is 2.08. The van der Waals surface area contributed by atoms with Crippen molar-refractivity contribution >= 4 is 17.7 Å². The number of nitrogens with one attached hydrogen (secondary N) is 1. The molecule has 0 aliphatic heterocycles. The summed E-state index contributed by atoms with van der Waals surface area (Å²) in [5.74, 6) is 1.35. The van der Waals surface area contributed by atoms with Crippen molar-refractivity contribution in [3.05, 3.63) is 54.1 Å². The van der Waals surface area contributed by atoms with Crippen LogP contribution >= 0.6 is 11.8 Å². The van der Waals surface area contributed by atoms with Crippen LogP contribution in [0.25, 0.3) is 0 Å². The van der Waals surface area contributed by atoms with Gasteiger partial charge in [-0.3, -0.25) is 4.79 Å². The van der Waals surface area contributed by atoms with E-state index in [1.54, 1.807) is 14.2 Å². The Hall–Kier alpha value is -2.14. The highest BCUT2D eigenvalue weighted by molar-refractivity contribution is 8.00. The summed E-state index contributed by atoms with van der Waals surface area (Å²) in [6.07, 6.45) is 0. The number of ether oxygens (including phenoxy) is 2. The SMILES string of the molecule is COc1ccc(SC(C)C(=O)NCc2ccccc2)cc1OC. The van der Waals surface area contributed by atoms with Gasteiger partial charge in [-0.15, -0.1) is 11.8 Å². The zero-order valence-corrected chi connectivity index (χ0v) is 14.4. The van der Waals surface area contributed by atoms with Crippen molar-refractivity contribution in [3.63, 3.8) is 0 Å². The quantitative estimate of drug-likeness (QED) is 0.789. The summed E-state index contributed by atoms with van der Waals surface area (Å²) in [6, 6.07) is 15.5. The molecule has 2 rings (SSSR count). The van der Waals surface area contributed by atoms with Gasteiger partial charge in [-0.05, 0) is 30.7 Å². The zero-order valence-electron chi connectivity index (χ0n) is 13.5. The maximum Gasteiger partial charge on any atom is 0.233 e. The lowest BCUT2D eigenvalue weighted by molar-refractivity contribution is -0.120. The van der Waals surface area contributed by atoms with Crippen LogP contribution in [0, 0.1) is 0 Å². The van der Waals surface area contributed by atoms with Crippen molar-refractivity contribution < 1.29 is 14.3 Å². The zero-order chi connectivity index (χ0) is 16.7. The minimum Gasteiger partial charge on any atom is -0.493 e. The summed E-state index contributed by atoms with van der Waals surface area (Å²) in [5.41, 5.74) is 1.09. The number of benzene rings is 2. The first kappa shape index (κ1) is 17.2. The number of rotatable bonds is 7. The molecular weight excluding hydrogens is 310 g/mol. The normalized spacial score (nSPS) is 11.6. The molecule has 4 nitrogen and oxygen atoms in total. The molecule has 0 bridgehead atoms. The topological polar surface area (TPSA) is 47.6 Å². The maximum atomic E-state index is 12.2. The first-order chi connectivity index (χ1) is 11.1. The van der Waals surface area contributed by atoms with E-state index in [-0.39, 0.29) is 11.2 Å². The minimum absolute atomic E-state index is 0.00800. The Kier molecular flexibility index (Phi) is 6.35. The lowest BCUT2D eigenvalue weighted by Gasteiger charge is -2.14. The number of thioether (sulfide) groups is 1. The third-order valence-electron chi connectivity index (χ3n) is 3.35. The number of carbonyl (C=O) groups is 1. The van der Waals surface area contributed by atoms with E-state index in [9.17, 15) is 4.79 Å². The van der Waals surface area contributed by atoms with E-state index >= 15 is 0 Å². The molecule has 1 amide bonds. The molecular formula is C18H21NO3S. The van der Waals surface area contributed by atoms with E-state index < -0.39 is 0 Å². The molecule has 23 heavy (non-hydrogen) atoms. The third-order valence-corrected chi connectivity index (χ3v) is 4.44. The van der Waals surface area contributed by atoms with Crippen LogP contribution in [0.3, 0.4) is 0 Å². The van der Waals surface area contributed by atoms with E-state index in [2.05, 4.69) is 5.32 Å². The first-order valence-electron chi connectivity index (χ1n) is 7.34. The van der Waals surface area contributed by atoms with E-state index in [0.717, 1.165) is 10.5 Å². The summed E-state index contributed by atoms with van der Waals surface area (Å²) in [7, 11) is 3.20. The van der Waals surface area contributed by atoms with Crippen molar-refractivity contribution in [2.45, 2.75) is 23.6 Å². The van der Waals surface area contributed by atoms with Gasteiger partial charge in [0, 0.05) is 11.4 Å². The number of amides is 1. The van der Waals surface area contributed by atoms with Crippen LogP contribution in [0.1, 0.15) is 12.5 Å². The number of methoxy groups -OCH3 is 2. The predicted octanol–water partition coefficient (Wildman–Crippen LogP) is 3.50. The number of carbonyl (C=O) groups excluding carboxylic acids is 1. The molecule has 0 heterocycles. The van der Waals surface area contributed by atoms with E-state index in [0.29, 0.717) is 18.0 Å². The Morgan fingerprint density at radius 3 is 2.43 bits per heavy atom. The molecule has 122 valence electrons. The highest BCUT2D eigenvalue weighted by atomic mass is 32.2. The van der Waals surface area contributed by atoms with E-state index in [4.69, 9.17) is 9.47 Å². The van der Waals surface area contributed by atoms with Crippen molar-refractivity contribution in [3.8, 4) is 11.5 Å². The Morgan fingerprint density at radius 1 is 1.09 bits per heavy atom. The monoisotopic (exact) mass is 331 g/mol. The number of hydrogen-bond acceptors (Lipinski definition) is 4. The Balaban J connectivity index is 1.93. The highest BCUT2D eigenvalue weighted by Gasteiger charge is 2.15. The van der Waals surface area contributed by atoms with Gasteiger partial charge in [-0.1, -0.05) is 30.3 Å². The predicted molar refractivity (Wildman–Crippen MR) is 93.2 cm³/mol. The van der Waals surface area contributed by atoms with Crippen LogP contribution in [0.2, 0.25) is 0 Å². The molecule has 0 saturated carbocycles. The minimum atomic E-state index is -0.197. The molecule has 0 radical (unpaired) electrons. The van der Waals surface area contributed by atoms with Gasteiger partial charge < -0.3 is 14.8 Å². The summed E-state index contributed by atoms with van der Waals surface area (Å²) < 4.78 is 10.5. The fourth-order valence-corrected chi connectivity index (χ4v) is 3.00. The molecule has 0 aromatic heterocycles. The molecule has 1 N–H and O–H groups in total. The summed E-state index contributed by atoms with van der Waals surface area (Å²) in [6.45, 7) is 2.43. The van der Waals surface area contributed by atoms with E-state index in [1.165, 1.54) is 11.8 Å². The van der Waals surface area contributed by atoms with Crippen molar-refractivity contribution in [2.24, 2.45) is 0 Å². The molecule has 5 heteroatoms. The van der Waals surface area contributed by atoms with Gasteiger partial charge in [0.1, 0.15) is 0 Å². The lowest BCUT2D eigenvalue weighted by atomic mass is 10.2. The fraction of sp³-hybridized carbons (Fsp3) is 0.278. The van der Waals surface area contributed by atoms with Crippen LogP contribution in [-0.4, -0.2) is 25.4 Å². The van der Waals surface area contributed by atoms with Gasteiger partial charge in [0.15, 0.2) is 11.5 Å². The lowest BCUT2D eigenvalue weighted by Crippen LogP contribution is -2.30. The summed E-state index contributed by atoms with van der Waals surface area (Å²) in [4.78, 5) is 13.2. The van der Waals surface area contributed by atoms with Crippen molar-refractivity contribution in [2.75, 3.05) is 14.2 Å². The standard InChI is InChI=1S/C18H21NO3S/c1-13(18(20)19-12-14-7-5-4-6-8-14)23-15-9-10-16(21-2)17(11-15)22-3/h4-11,13H,12H2,1-3H3,(H,19,20). The van der Waals surface area contributed by atoms with Crippen LogP contribution in [-0.2, 0) is 11.3 Å². The van der Waals surface area contributed by atoms with E-state index in [1.807, 2.05) is 55.5 Å². The second-order valence-corrected chi connectivity index (χ2v) is 6.39. The van der Waals surface area contributed by atoms with Gasteiger partial charge in [0.05, 0.1) is 19.5 Å². The average molecular weight is 331 g/mol. The van der Waals surface area contributed by atoms with Crippen molar-refractivity contribution in [1.82, 2.24) is 5.32 Å². The second-order valence-electron chi connectivity index (χ2n) is 4.98. The summed E-state index contributed by atoms with van der Waals surface area (Å²) in [5, 5.41) is 2.76. The van der Waals surface area contributed by atoms with Crippen molar-refractivity contribution in [1.29, 1.82) is 0 Å². The maximum absolute atomic E-state index is 12.2. The van der Waals surface area contributed by atoms with Crippen LogP contribution in [0.5, 0.6) is 11.5 Å². The van der Waals surface area contributed by atoms with Crippen LogP contribution < -0.4 is 14.8 Å². The molecule has 2 aromatic rings. The molecule has 0 spiro atoms. The van der Waals surface area contributed by atoms with Gasteiger partial charge in [0.25, 0.3) is 0 Å². The molecule has 0 aliphatic carbocycles. The number of hydrogen-bond donors (Lipinski definition) is 1. The molecule has 0 fully saturated rings. The van der Waals surface area contributed by atoms with Gasteiger partial charge >= 0.3 is 0 Å². The Bertz CT molecular complexity index is 646. The molecule has 1 atom stereocenters.